The Hall–Kier alpha value is -2.45. The van der Waals surface area contributed by atoms with Crippen molar-refractivity contribution in [3.05, 3.63) is 71.5 Å². The van der Waals surface area contributed by atoms with Gasteiger partial charge in [0.15, 0.2) is 4.34 Å². The van der Waals surface area contributed by atoms with Gasteiger partial charge in [-0.2, -0.15) is 0 Å². The van der Waals surface area contributed by atoms with Crippen LogP contribution in [0.3, 0.4) is 0 Å². The second-order valence-electron chi connectivity index (χ2n) is 5.73. The Morgan fingerprint density at radius 3 is 2.59 bits per heavy atom. The van der Waals surface area contributed by atoms with Crippen molar-refractivity contribution in [3.8, 4) is 0 Å². The maximum atomic E-state index is 12.8. The first-order valence-electron chi connectivity index (χ1n) is 8.44. The van der Waals surface area contributed by atoms with Crippen molar-refractivity contribution in [1.29, 1.82) is 0 Å². The molecule has 0 saturated heterocycles. The molecule has 1 amide bonds. The molecule has 0 unspecified atom stereocenters. The molecule has 0 aliphatic heterocycles. The third-order valence-electron chi connectivity index (χ3n) is 3.67. The highest BCUT2D eigenvalue weighted by atomic mass is 32.2. The van der Waals surface area contributed by atoms with Crippen LogP contribution in [0.5, 0.6) is 0 Å². The van der Waals surface area contributed by atoms with E-state index in [2.05, 4.69) is 20.8 Å². The molecule has 5 nitrogen and oxygen atoms in total. The number of nitrogens with one attached hydrogen (secondary N) is 2. The van der Waals surface area contributed by atoms with E-state index in [1.54, 1.807) is 12.1 Å². The van der Waals surface area contributed by atoms with Gasteiger partial charge in [-0.3, -0.25) is 4.79 Å². The fraction of sp³-hybridized carbons (Fsp3) is 0.211. The van der Waals surface area contributed by atoms with Crippen molar-refractivity contribution >= 4 is 34.1 Å². The molecular formula is C19H19FN4OS2. The SMILES string of the molecule is O=C(CSc1nnc(NCc2ccccc2)s1)NCCc1ccc(F)cc1. The minimum absolute atomic E-state index is 0.0592. The summed E-state index contributed by atoms with van der Waals surface area (Å²) in [5, 5.41) is 15.0. The Labute approximate surface area is 165 Å². The summed E-state index contributed by atoms with van der Waals surface area (Å²) < 4.78 is 13.6. The Kier molecular flexibility index (Phi) is 7.18. The van der Waals surface area contributed by atoms with Crippen molar-refractivity contribution in [2.45, 2.75) is 17.3 Å². The minimum atomic E-state index is -0.256. The van der Waals surface area contributed by atoms with Gasteiger partial charge in [-0.15, -0.1) is 10.2 Å². The molecule has 2 N–H and O–H groups in total. The number of anilines is 1. The van der Waals surface area contributed by atoms with Gasteiger partial charge in [0.1, 0.15) is 5.82 Å². The van der Waals surface area contributed by atoms with Crippen LogP contribution in [0.2, 0.25) is 0 Å². The van der Waals surface area contributed by atoms with Crippen LogP contribution in [0.25, 0.3) is 0 Å². The highest BCUT2D eigenvalue weighted by molar-refractivity contribution is 8.01. The quantitative estimate of drug-likeness (QED) is 0.534. The normalized spacial score (nSPS) is 10.6. The maximum Gasteiger partial charge on any atom is 0.230 e. The predicted octanol–water partition coefficient (Wildman–Crippen LogP) is 3.74. The number of amides is 1. The monoisotopic (exact) mass is 402 g/mol. The second kappa shape index (κ2) is 10.0. The van der Waals surface area contributed by atoms with E-state index in [-0.39, 0.29) is 17.5 Å². The van der Waals surface area contributed by atoms with Crippen molar-refractivity contribution in [3.63, 3.8) is 0 Å². The molecule has 27 heavy (non-hydrogen) atoms. The van der Waals surface area contributed by atoms with Gasteiger partial charge in [-0.05, 0) is 29.7 Å². The number of rotatable bonds is 9. The van der Waals surface area contributed by atoms with Crippen molar-refractivity contribution < 1.29 is 9.18 Å². The Morgan fingerprint density at radius 2 is 1.81 bits per heavy atom. The summed E-state index contributed by atoms with van der Waals surface area (Å²) >= 11 is 2.79. The van der Waals surface area contributed by atoms with Crippen LogP contribution in [0, 0.1) is 5.82 Å². The Balaban J connectivity index is 1.35. The number of benzene rings is 2. The van der Waals surface area contributed by atoms with Gasteiger partial charge in [0, 0.05) is 13.1 Å². The summed E-state index contributed by atoms with van der Waals surface area (Å²) in [6.07, 6.45) is 0.670. The highest BCUT2D eigenvalue weighted by Crippen LogP contribution is 2.25. The van der Waals surface area contributed by atoms with Gasteiger partial charge in [0.25, 0.3) is 0 Å². The van der Waals surface area contributed by atoms with E-state index in [0.29, 0.717) is 19.5 Å². The average Bonchev–Trinajstić information content (AvgIpc) is 3.15. The third-order valence-corrected chi connectivity index (χ3v) is 5.68. The lowest BCUT2D eigenvalue weighted by molar-refractivity contribution is -0.118. The summed E-state index contributed by atoms with van der Waals surface area (Å²) in [5.74, 6) is -0.0264. The number of thioether (sulfide) groups is 1. The maximum absolute atomic E-state index is 12.8. The van der Waals surface area contributed by atoms with E-state index in [1.165, 1.54) is 40.8 Å². The molecule has 0 bridgehead atoms. The first kappa shape index (κ1) is 19.3. The zero-order valence-corrected chi connectivity index (χ0v) is 16.2. The summed E-state index contributed by atoms with van der Waals surface area (Å²) in [6, 6.07) is 16.3. The first-order valence-corrected chi connectivity index (χ1v) is 10.2. The average molecular weight is 403 g/mol. The zero-order chi connectivity index (χ0) is 18.9. The molecule has 0 saturated carbocycles. The van der Waals surface area contributed by atoms with Crippen LogP contribution in [0.4, 0.5) is 9.52 Å². The summed E-state index contributed by atoms with van der Waals surface area (Å²) in [6.45, 7) is 1.20. The molecule has 2 aromatic carbocycles. The van der Waals surface area contributed by atoms with Gasteiger partial charge in [-0.1, -0.05) is 65.6 Å². The molecule has 0 spiro atoms. The van der Waals surface area contributed by atoms with E-state index in [1.807, 2.05) is 30.3 Å². The van der Waals surface area contributed by atoms with Crippen LogP contribution in [-0.2, 0) is 17.8 Å². The molecular weight excluding hydrogens is 383 g/mol. The van der Waals surface area contributed by atoms with Gasteiger partial charge >= 0.3 is 0 Å². The molecule has 0 aliphatic rings. The fourth-order valence-corrected chi connectivity index (χ4v) is 3.87. The van der Waals surface area contributed by atoms with E-state index in [4.69, 9.17) is 0 Å². The molecule has 8 heteroatoms. The molecule has 0 radical (unpaired) electrons. The summed E-state index contributed by atoms with van der Waals surface area (Å²) in [7, 11) is 0. The molecule has 0 fully saturated rings. The van der Waals surface area contributed by atoms with Gasteiger partial charge in [0.2, 0.25) is 11.0 Å². The van der Waals surface area contributed by atoms with Crippen LogP contribution in [-0.4, -0.2) is 28.4 Å². The van der Waals surface area contributed by atoms with Gasteiger partial charge in [0.05, 0.1) is 5.75 Å². The van der Waals surface area contributed by atoms with Crippen LogP contribution in [0.15, 0.2) is 58.9 Å². The van der Waals surface area contributed by atoms with E-state index in [0.717, 1.165) is 15.0 Å². The lowest BCUT2D eigenvalue weighted by atomic mass is 10.1. The molecule has 3 rings (SSSR count). The summed E-state index contributed by atoms with van der Waals surface area (Å²) in [5.41, 5.74) is 2.16. The number of hydrogen-bond acceptors (Lipinski definition) is 6. The third kappa shape index (κ3) is 6.65. The minimum Gasteiger partial charge on any atom is -0.356 e. The van der Waals surface area contributed by atoms with Crippen molar-refractivity contribution in [1.82, 2.24) is 15.5 Å². The van der Waals surface area contributed by atoms with E-state index in [9.17, 15) is 9.18 Å². The molecule has 0 atom stereocenters. The van der Waals surface area contributed by atoms with Crippen LogP contribution < -0.4 is 10.6 Å². The molecule has 3 aromatic rings. The standard InChI is InChI=1S/C19H19FN4OS2/c20-16-8-6-14(7-9-16)10-11-21-17(25)13-26-19-24-23-18(27-19)22-12-15-4-2-1-3-5-15/h1-9H,10-13H2,(H,21,25)(H,22,23). The van der Waals surface area contributed by atoms with Crippen molar-refractivity contribution in [2.75, 3.05) is 17.6 Å². The van der Waals surface area contributed by atoms with Gasteiger partial charge in [-0.25, -0.2) is 4.39 Å². The second-order valence-corrected chi connectivity index (χ2v) is 7.93. The molecule has 1 aromatic heterocycles. The zero-order valence-electron chi connectivity index (χ0n) is 14.5. The topological polar surface area (TPSA) is 66.9 Å². The number of carbonyl (C=O) groups is 1. The van der Waals surface area contributed by atoms with Crippen LogP contribution >= 0.6 is 23.1 Å². The highest BCUT2D eigenvalue weighted by Gasteiger charge is 2.08. The Bertz CT molecular complexity index is 856. The lowest BCUT2D eigenvalue weighted by Crippen LogP contribution is -2.27. The Morgan fingerprint density at radius 1 is 1.04 bits per heavy atom. The number of aromatic nitrogens is 2. The van der Waals surface area contributed by atoms with Gasteiger partial charge < -0.3 is 10.6 Å². The number of nitrogens with zero attached hydrogens (tertiary/aromatic N) is 2. The fourth-order valence-electron chi connectivity index (χ4n) is 2.29. The lowest BCUT2D eigenvalue weighted by Gasteiger charge is -2.04. The molecule has 140 valence electrons. The van der Waals surface area contributed by atoms with Crippen LogP contribution in [0.1, 0.15) is 11.1 Å². The smallest absolute Gasteiger partial charge is 0.230 e. The van der Waals surface area contributed by atoms with E-state index >= 15 is 0 Å². The van der Waals surface area contributed by atoms with E-state index < -0.39 is 0 Å². The first-order chi connectivity index (χ1) is 13.2. The molecule has 0 aliphatic carbocycles. The predicted molar refractivity (Wildman–Crippen MR) is 108 cm³/mol. The number of hydrogen-bond donors (Lipinski definition) is 2. The van der Waals surface area contributed by atoms with Crippen molar-refractivity contribution in [2.24, 2.45) is 0 Å². The molecule has 1 heterocycles. The largest absolute Gasteiger partial charge is 0.356 e. The summed E-state index contributed by atoms with van der Waals surface area (Å²) in [4.78, 5) is 11.9. The number of carbonyl (C=O) groups excluding carboxylic acids is 1. The number of halogens is 1.